The average molecular weight is 349 g/mol. The van der Waals surface area contributed by atoms with E-state index in [1.54, 1.807) is 31.4 Å². The predicted molar refractivity (Wildman–Crippen MR) is 94.8 cm³/mol. The highest BCUT2D eigenvalue weighted by atomic mass is 16.5. The monoisotopic (exact) mass is 349 g/mol. The number of carboxylic acids is 1. The van der Waals surface area contributed by atoms with Gasteiger partial charge in [0.25, 0.3) is 0 Å². The summed E-state index contributed by atoms with van der Waals surface area (Å²) in [5.41, 5.74) is 0.485. The highest BCUT2D eigenvalue weighted by molar-refractivity contribution is 5.98. The fourth-order valence-electron chi connectivity index (χ4n) is 2.25. The highest BCUT2D eigenvalue weighted by Crippen LogP contribution is 2.21. The van der Waals surface area contributed by atoms with Crippen LogP contribution in [0.3, 0.4) is 0 Å². The number of hydrogen-bond donors (Lipinski definition) is 2. The Hall–Kier alpha value is -2.37. The zero-order valence-corrected chi connectivity index (χ0v) is 15.3. The minimum atomic E-state index is -1.06. The Kier molecular flexibility index (Phi) is 7.61. The summed E-state index contributed by atoms with van der Waals surface area (Å²) in [5.74, 6) is -1.00. The molecule has 138 valence electrons. The van der Waals surface area contributed by atoms with Crippen LogP contribution in [0.4, 0.5) is 0 Å². The van der Waals surface area contributed by atoms with Crippen LogP contribution in [0.25, 0.3) is 0 Å². The normalized spacial score (nSPS) is 12.3. The number of rotatable bonds is 9. The molecule has 1 unspecified atom stereocenters. The van der Waals surface area contributed by atoms with Crippen molar-refractivity contribution in [3.8, 4) is 5.75 Å². The van der Waals surface area contributed by atoms with Gasteiger partial charge < -0.3 is 15.2 Å². The van der Waals surface area contributed by atoms with E-state index in [1.165, 1.54) is 0 Å². The van der Waals surface area contributed by atoms with Crippen molar-refractivity contribution < 1.29 is 24.2 Å². The Morgan fingerprint density at radius 1 is 1.12 bits per heavy atom. The van der Waals surface area contributed by atoms with Crippen molar-refractivity contribution in [3.63, 3.8) is 0 Å². The van der Waals surface area contributed by atoms with Gasteiger partial charge in [-0.25, -0.2) is 4.79 Å². The molecule has 0 fully saturated rings. The number of ether oxygens (including phenoxy) is 1. The van der Waals surface area contributed by atoms with E-state index in [4.69, 9.17) is 4.74 Å². The van der Waals surface area contributed by atoms with Crippen molar-refractivity contribution in [2.75, 3.05) is 7.11 Å². The third kappa shape index (κ3) is 7.83. The first kappa shape index (κ1) is 20.7. The standard InChI is InChI=1S/C19H27NO5/c1-19(2,3)12-11-15(18(23)24)20-17(22)10-9-16(21)13-5-7-14(25-4)8-6-13/h5-8,15H,9-12H2,1-4H3,(H,20,22)(H,23,24). The smallest absolute Gasteiger partial charge is 0.326 e. The van der Waals surface area contributed by atoms with E-state index >= 15 is 0 Å². The van der Waals surface area contributed by atoms with E-state index in [1.807, 2.05) is 20.8 Å². The van der Waals surface area contributed by atoms with Crippen LogP contribution in [-0.4, -0.2) is 35.9 Å². The lowest BCUT2D eigenvalue weighted by Crippen LogP contribution is -2.41. The molecule has 0 spiro atoms. The Balaban J connectivity index is 2.50. The van der Waals surface area contributed by atoms with Gasteiger partial charge in [-0.1, -0.05) is 20.8 Å². The van der Waals surface area contributed by atoms with Crippen molar-refractivity contribution in [3.05, 3.63) is 29.8 Å². The van der Waals surface area contributed by atoms with Crippen LogP contribution in [0.1, 0.15) is 56.8 Å². The molecule has 0 aliphatic rings. The maximum absolute atomic E-state index is 12.1. The third-order valence-electron chi connectivity index (χ3n) is 3.81. The van der Waals surface area contributed by atoms with Crippen molar-refractivity contribution in [2.24, 2.45) is 5.41 Å². The van der Waals surface area contributed by atoms with Gasteiger partial charge in [0.2, 0.25) is 5.91 Å². The second-order valence-corrected chi connectivity index (χ2v) is 7.21. The minimum absolute atomic E-state index is 0.0112. The lowest BCUT2D eigenvalue weighted by Gasteiger charge is -2.21. The highest BCUT2D eigenvalue weighted by Gasteiger charge is 2.23. The molecule has 0 heterocycles. The Labute approximate surface area is 148 Å². The van der Waals surface area contributed by atoms with Crippen molar-refractivity contribution in [1.29, 1.82) is 0 Å². The average Bonchev–Trinajstić information content (AvgIpc) is 2.55. The molecular formula is C19H27NO5. The van der Waals surface area contributed by atoms with Crippen LogP contribution >= 0.6 is 0 Å². The number of amides is 1. The minimum Gasteiger partial charge on any atom is -0.497 e. The second kappa shape index (κ2) is 9.20. The molecule has 0 bridgehead atoms. The maximum Gasteiger partial charge on any atom is 0.326 e. The number of carboxylic acid groups (broad SMARTS) is 1. The van der Waals surface area contributed by atoms with E-state index in [2.05, 4.69) is 5.32 Å². The molecule has 6 heteroatoms. The molecule has 1 rings (SSSR count). The first-order chi connectivity index (χ1) is 11.6. The molecular weight excluding hydrogens is 322 g/mol. The summed E-state index contributed by atoms with van der Waals surface area (Å²) < 4.78 is 5.03. The zero-order chi connectivity index (χ0) is 19.0. The molecule has 25 heavy (non-hydrogen) atoms. The van der Waals surface area contributed by atoms with E-state index in [0.717, 1.165) is 0 Å². The number of carbonyl (C=O) groups is 3. The number of hydrogen-bond acceptors (Lipinski definition) is 4. The van der Waals surface area contributed by atoms with Crippen LogP contribution in [0, 0.1) is 5.41 Å². The van der Waals surface area contributed by atoms with E-state index in [-0.39, 0.29) is 24.0 Å². The molecule has 1 aromatic carbocycles. The van der Waals surface area contributed by atoms with Gasteiger partial charge in [0.05, 0.1) is 7.11 Å². The molecule has 0 aliphatic heterocycles. The molecule has 0 radical (unpaired) electrons. The topological polar surface area (TPSA) is 92.7 Å². The molecule has 0 saturated carbocycles. The predicted octanol–water partition coefficient (Wildman–Crippen LogP) is 3.05. The molecule has 0 saturated heterocycles. The summed E-state index contributed by atoms with van der Waals surface area (Å²) in [6, 6.07) is 5.72. The quantitative estimate of drug-likeness (QED) is 0.669. The number of aliphatic carboxylic acids is 1. The fraction of sp³-hybridized carbons (Fsp3) is 0.526. The summed E-state index contributed by atoms with van der Waals surface area (Å²) in [6.45, 7) is 6.05. The maximum atomic E-state index is 12.1. The van der Waals surface area contributed by atoms with Gasteiger partial charge in [0.15, 0.2) is 5.78 Å². The van der Waals surface area contributed by atoms with Gasteiger partial charge in [0, 0.05) is 18.4 Å². The van der Waals surface area contributed by atoms with Gasteiger partial charge in [-0.15, -0.1) is 0 Å². The first-order valence-corrected chi connectivity index (χ1v) is 8.32. The van der Waals surface area contributed by atoms with E-state index in [0.29, 0.717) is 24.2 Å². The van der Waals surface area contributed by atoms with Crippen LogP contribution in [-0.2, 0) is 9.59 Å². The molecule has 0 aromatic heterocycles. The Bertz CT molecular complexity index is 601. The summed E-state index contributed by atoms with van der Waals surface area (Å²) >= 11 is 0. The van der Waals surface area contributed by atoms with Gasteiger partial charge in [-0.05, 0) is 42.5 Å². The molecule has 1 aromatic rings. The zero-order valence-electron chi connectivity index (χ0n) is 15.3. The lowest BCUT2D eigenvalue weighted by atomic mass is 9.88. The fourth-order valence-corrected chi connectivity index (χ4v) is 2.25. The SMILES string of the molecule is COc1ccc(C(=O)CCC(=O)NC(CCC(C)(C)C)C(=O)O)cc1. The molecule has 6 nitrogen and oxygen atoms in total. The number of ketones is 1. The van der Waals surface area contributed by atoms with Crippen LogP contribution in [0.5, 0.6) is 5.75 Å². The van der Waals surface area contributed by atoms with E-state index < -0.39 is 17.9 Å². The summed E-state index contributed by atoms with van der Waals surface area (Å²) in [6.07, 6.45) is 1.03. The Morgan fingerprint density at radius 2 is 1.72 bits per heavy atom. The first-order valence-electron chi connectivity index (χ1n) is 8.32. The molecule has 1 atom stereocenters. The van der Waals surface area contributed by atoms with Crippen molar-refractivity contribution in [1.82, 2.24) is 5.32 Å². The summed E-state index contributed by atoms with van der Waals surface area (Å²) in [5, 5.41) is 11.7. The van der Waals surface area contributed by atoms with E-state index in [9.17, 15) is 19.5 Å². The molecule has 0 aliphatic carbocycles. The van der Waals surface area contributed by atoms with Gasteiger partial charge >= 0.3 is 5.97 Å². The number of methoxy groups -OCH3 is 1. The molecule has 1 amide bonds. The Morgan fingerprint density at radius 3 is 2.20 bits per heavy atom. The summed E-state index contributed by atoms with van der Waals surface area (Å²) in [4.78, 5) is 35.3. The third-order valence-corrected chi connectivity index (χ3v) is 3.81. The van der Waals surface area contributed by atoms with Gasteiger partial charge in [-0.2, -0.15) is 0 Å². The second-order valence-electron chi connectivity index (χ2n) is 7.21. The van der Waals surface area contributed by atoms with Crippen LogP contribution < -0.4 is 10.1 Å². The van der Waals surface area contributed by atoms with Gasteiger partial charge in [-0.3, -0.25) is 9.59 Å². The number of Topliss-reactive ketones (excluding diaryl/α,β-unsaturated/α-hetero) is 1. The summed E-state index contributed by atoms with van der Waals surface area (Å²) in [7, 11) is 1.54. The molecule has 2 N–H and O–H groups in total. The van der Waals surface area contributed by atoms with Crippen molar-refractivity contribution >= 4 is 17.7 Å². The number of carbonyl (C=O) groups excluding carboxylic acids is 2. The number of nitrogens with one attached hydrogen (secondary N) is 1. The lowest BCUT2D eigenvalue weighted by molar-refractivity contribution is -0.142. The van der Waals surface area contributed by atoms with Gasteiger partial charge in [0.1, 0.15) is 11.8 Å². The van der Waals surface area contributed by atoms with Crippen molar-refractivity contribution in [2.45, 2.75) is 52.5 Å². The van der Waals surface area contributed by atoms with Crippen LogP contribution in [0.2, 0.25) is 0 Å². The van der Waals surface area contributed by atoms with Crippen LogP contribution in [0.15, 0.2) is 24.3 Å². The number of benzene rings is 1. The largest absolute Gasteiger partial charge is 0.497 e.